The predicted molar refractivity (Wildman–Crippen MR) is 133 cm³/mol. The molecule has 31 heavy (non-hydrogen) atoms. The number of aromatic nitrogens is 3. The Hall–Kier alpha value is -2.37. The first kappa shape index (κ1) is 24.9. The highest BCUT2D eigenvalue weighted by Gasteiger charge is 2.07. The molecule has 0 aromatic carbocycles. The van der Waals surface area contributed by atoms with Crippen LogP contribution < -0.4 is 16.4 Å². The Morgan fingerprint density at radius 3 is 1.81 bits per heavy atom. The van der Waals surface area contributed by atoms with Crippen molar-refractivity contribution in [2.75, 3.05) is 22.9 Å². The minimum Gasteiger partial charge on any atom is -0.393 e. The van der Waals surface area contributed by atoms with Gasteiger partial charge in [-0.05, 0) is 18.6 Å². The average molecular weight is 427 g/mol. The SMILES string of the molecule is CCCCCCCCCCCCCCCCNc1ncnc(Nc2ccncc2)c1N. The van der Waals surface area contributed by atoms with Crippen molar-refractivity contribution < 1.29 is 0 Å². The van der Waals surface area contributed by atoms with Crippen molar-refractivity contribution in [3.05, 3.63) is 30.9 Å². The maximum atomic E-state index is 6.23. The second-order valence-corrected chi connectivity index (χ2v) is 8.37. The van der Waals surface area contributed by atoms with Gasteiger partial charge < -0.3 is 16.4 Å². The molecule has 0 aliphatic rings. The summed E-state index contributed by atoms with van der Waals surface area (Å²) < 4.78 is 0. The maximum absolute atomic E-state index is 6.23. The van der Waals surface area contributed by atoms with E-state index in [1.54, 1.807) is 12.4 Å². The molecule has 0 bridgehead atoms. The van der Waals surface area contributed by atoms with E-state index in [0.29, 0.717) is 17.3 Å². The zero-order valence-corrected chi connectivity index (χ0v) is 19.4. The zero-order valence-electron chi connectivity index (χ0n) is 19.4. The van der Waals surface area contributed by atoms with Gasteiger partial charge in [-0.2, -0.15) is 0 Å². The van der Waals surface area contributed by atoms with Gasteiger partial charge in [-0.15, -0.1) is 0 Å². The number of anilines is 4. The normalized spacial score (nSPS) is 10.9. The van der Waals surface area contributed by atoms with Crippen LogP contribution in [0.5, 0.6) is 0 Å². The summed E-state index contributed by atoms with van der Waals surface area (Å²) in [4.78, 5) is 12.5. The second-order valence-electron chi connectivity index (χ2n) is 8.37. The first-order chi connectivity index (χ1) is 15.3. The van der Waals surface area contributed by atoms with E-state index in [0.717, 1.165) is 18.7 Å². The van der Waals surface area contributed by atoms with Crippen molar-refractivity contribution in [1.82, 2.24) is 15.0 Å². The Morgan fingerprint density at radius 2 is 1.23 bits per heavy atom. The number of hydrogen-bond acceptors (Lipinski definition) is 6. The van der Waals surface area contributed by atoms with Crippen LogP contribution in [0.25, 0.3) is 0 Å². The highest BCUT2D eigenvalue weighted by atomic mass is 15.1. The number of nitrogen functional groups attached to an aromatic ring is 1. The quantitative estimate of drug-likeness (QED) is 0.220. The lowest BCUT2D eigenvalue weighted by Crippen LogP contribution is -2.09. The molecular formula is C25H42N6. The molecule has 2 rings (SSSR count). The Balaban J connectivity index is 1.47. The summed E-state index contributed by atoms with van der Waals surface area (Å²) in [5.74, 6) is 1.31. The molecule has 0 saturated heterocycles. The van der Waals surface area contributed by atoms with Crippen molar-refractivity contribution in [3.8, 4) is 0 Å². The van der Waals surface area contributed by atoms with Crippen LogP contribution in [-0.2, 0) is 0 Å². The molecule has 0 amide bonds. The summed E-state index contributed by atoms with van der Waals surface area (Å²) in [5.41, 5.74) is 7.67. The molecule has 0 radical (unpaired) electrons. The number of rotatable bonds is 18. The van der Waals surface area contributed by atoms with Gasteiger partial charge in [-0.3, -0.25) is 4.98 Å². The molecule has 2 aromatic heterocycles. The minimum absolute atomic E-state index is 0.546. The molecule has 172 valence electrons. The van der Waals surface area contributed by atoms with Gasteiger partial charge in [0.25, 0.3) is 0 Å². The summed E-state index contributed by atoms with van der Waals surface area (Å²) in [6, 6.07) is 3.76. The van der Waals surface area contributed by atoms with Crippen LogP contribution in [0, 0.1) is 0 Å². The van der Waals surface area contributed by atoms with E-state index in [4.69, 9.17) is 5.73 Å². The fourth-order valence-corrected chi connectivity index (χ4v) is 3.73. The Kier molecular flexibility index (Phi) is 13.1. The Morgan fingerprint density at radius 1 is 0.710 bits per heavy atom. The molecule has 4 N–H and O–H groups in total. The molecule has 0 aliphatic heterocycles. The summed E-state index contributed by atoms with van der Waals surface area (Å²) in [6.07, 6.45) is 24.1. The summed E-state index contributed by atoms with van der Waals surface area (Å²) in [7, 11) is 0. The van der Waals surface area contributed by atoms with Crippen LogP contribution in [0.4, 0.5) is 23.0 Å². The van der Waals surface area contributed by atoms with E-state index in [9.17, 15) is 0 Å². The first-order valence-electron chi connectivity index (χ1n) is 12.3. The lowest BCUT2D eigenvalue weighted by molar-refractivity contribution is 0.537. The van der Waals surface area contributed by atoms with Crippen LogP contribution in [0.3, 0.4) is 0 Å². The smallest absolute Gasteiger partial charge is 0.159 e. The molecule has 0 fully saturated rings. The Bertz CT molecular complexity index is 692. The van der Waals surface area contributed by atoms with Crippen molar-refractivity contribution >= 4 is 23.0 Å². The van der Waals surface area contributed by atoms with Crippen LogP contribution in [0.2, 0.25) is 0 Å². The molecule has 0 unspecified atom stereocenters. The highest BCUT2D eigenvalue weighted by molar-refractivity contribution is 5.77. The van der Waals surface area contributed by atoms with Crippen molar-refractivity contribution in [1.29, 1.82) is 0 Å². The molecule has 6 nitrogen and oxygen atoms in total. The van der Waals surface area contributed by atoms with Gasteiger partial charge in [0.1, 0.15) is 12.0 Å². The predicted octanol–water partition coefficient (Wildman–Crippen LogP) is 7.09. The van der Waals surface area contributed by atoms with Crippen LogP contribution in [0.15, 0.2) is 30.9 Å². The molecular weight excluding hydrogens is 384 g/mol. The fraction of sp³-hybridized carbons (Fsp3) is 0.640. The summed E-state index contributed by atoms with van der Waals surface area (Å²) in [5, 5.41) is 6.56. The molecule has 6 heteroatoms. The average Bonchev–Trinajstić information content (AvgIpc) is 2.79. The van der Waals surface area contributed by atoms with Gasteiger partial charge in [0, 0.05) is 24.6 Å². The maximum Gasteiger partial charge on any atom is 0.159 e. The van der Waals surface area contributed by atoms with Crippen LogP contribution in [0.1, 0.15) is 96.8 Å². The standard InChI is InChI=1S/C25H42N6/c1-2-3-4-5-6-7-8-9-10-11-12-13-14-15-18-28-24-23(26)25(30-21-29-24)31-22-16-19-27-20-17-22/h16-17,19-21H,2-15,18,26H2,1H3,(H2,27,28,29,30,31). The lowest BCUT2D eigenvalue weighted by Gasteiger charge is -2.12. The van der Waals surface area contributed by atoms with E-state index in [2.05, 4.69) is 32.5 Å². The van der Waals surface area contributed by atoms with E-state index < -0.39 is 0 Å². The van der Waals surface area contributed by atoms with Crippen LogP contribution >= 0.6 is 0 Å². The van der Waals surface area contributed by atoms with Gasteiger partial charge in [0.2, 0.25) is 0 Å². The first-order valence-corrected chi connectivity index (χ1v) is 12.3. The fourth-order valence-electron chi connectivity index (χ4n) is 3.73. The van der Waals surface area contributed by atoms with Crippen LogP contribution in [-0.4, -0.2) is 21.5 Å². The van der Waals surface area contributed by atoms with Gasteiger partial charge in [0.15, 0.2) is 11.6 Å². The third-order valence-electron chi connectivity index (χ3n) is 5.65. The molecule has 0 atom stereocenters. The number of nitrogens with zero attached hydrogens (tertiary/aromatic N) is 3. The molecule has 0 aliphatic carbocycles. The highest BCUT2D eigenvalue weighted by Crippen LogP contribution is 2.25. The van der Waals surface area contributed by atoms with Gasteiger partial charge in [-0.25, -0.2) is 9.97 Å². The summed E-state index contributed by atoms with van der Waals surface area (Å²) >= 11 is 0. The number of nitrogens with one attached hydrogen (secondary N) is 2. The molecule has 2 aromatic rings. The van der Waals surface area contributed by atoms with E-state index in [1.165, 1.54) is 89.8 Å². The largest absolute Gasteiger partial charge is 0.393 e. The number of hydrogen-bond donors (Lipinski definition) is 3. The van der Waals surface area contributed by atoms with Crippen molar-refractivity contribution in [2.45, 2.75) is 96.8 Å². The monoisotopic (exact) mass is 426 g/mol. The van der Waals surface area contributed by atoms with Crippen molar-refractivity contribution in [2.24, 2.45) is 0 Å². The molecule has 2 heterocycles. The Labute approximate surface area is 188 Å². The lowest BCUT2D eigenvalue weighted by atomic mass is 10.0. The van der Waals surface area contributed by atoms with E-state index in [1.807, 2.05) is 12.1 Å². The molecule has 0 saturated carbocycles. The number of unbranched alkanes of at least 4 members (excludes halogenated alkanes) is 13. The van der Waals surface area contributed by atoms with Gasteiger partial charge in [0.05, 0.1) is 0 Å². The molecule has 0 spiro atoms. The van der Waals surface area contributed by atoms with E-state index >= 15 is 0 Å². The minimum atomic E-state index is 0.546. The number of nitrogens with two attached hydrogens (primary N) is 1. The topological polar surface area (TPSA) is 88.8 Å². The third-order valence-corrected chi connectivity index (χ3v) is 5.65. The second kappa shape index (κ2) is 16.3. The van der Waals surface area contributed by atoms with Crippen molar-refractivity contribution in [3.63, 3.8) is 0 Å². The summed E-state index contributed by atoms with van der Waals surface area (Å²) in [6.45, 7) is 3.16. The number of pyridine rings is 1. The third kappa shape index (κ3) is 11.0. The van der Waals surface area contributed by atoms with E-state index in [-0.39, 0.29) is 0 Å². The zero-order chi connectivity index (χ0) is 22.0. The van der Waals surface area contributed by atoms with Gasteiger partial charge >= 0.3 is 0 Å². The van der Waals surface area contributed by atoms with Gasteiger partial charge in [-0.1, -0.05) is 90.4 Å².